The van der Waals surface area contributed by atoms with Gasteiger partial charge >= 0.3 is 0 Å². The normalized spacial score (nSPS) is 27.1. The van der Waals surface area contributed by atoms with Crippen LogP contribution < -0.4 is 5.73 Å². The summed E-state index contributed by atoms with van der Waals surface area (Å²) in [5, 5.41) is 0. The minimum absolute atomic E-state index is 0.655. The van der Waals surface area contributed by atoms with E-state index in [2.05, 4.69) is 4.90 Å². The molecule has 0 radical (unpaired) electrons. The Labute approximate surface area is 89.5 Å². The van der Waals surface area contributed by atoms with Gasteiger partial charge in [0.15, 0.2) is 0 Å². The third-order valence-corrected chi connectivity index (χ3v) is 3.64. The van der Waals surface area contributed by atoms with Crippen molar-refractivity contribution in [1.29, 1.82) is 0 Å². The van der Waals surface area contributed by atoms with Crippen molar-refractivity contribution in [2.75, 3.05) is 38.2 Å². The Hall–Kier alpha value is 0.0700. The van der Waals surface area contributed by atoms with Crippen LogP contribution in [0.2, 0.25) is 0 Å². The molecule has 4 heteroatoms. The Balaban J connectivity index is 2.31. The number of rotatable bonds is 4. The van der Waals surface area contributed by atoms with Crippen LogP contribution in [0.15, 0.2) is 0 Å². The lowest BCUT2D eigenvalue weighted by atomic mass is 10.0. The van der Waals surface area contributed by atoms with E-state index in [1.54, 1.807) is 6.26 Å². The topological polar surface area (TPSA) is 46.3 Å². The zero-order valence-electron chi connectivity index (χ0n) is 9.08. The lowest BCUT2D eigenvalue weighted by molar-refractivity contribution is 0.265. The molecule has 0 spiro atoms. The summed E-state index contributed by atoms with van der Waals surface area (Å²) in [5.74, 6) is 1.46. The Kier molecular flexibility index (Phi) is 5.67. The lowest BCUT2D eigenvalue weighted by Gasteiger charge is -2.22. The van der Waals surface area contributed by atoms with E-state index in [0.717, 1.165) is 31.9 Å². The molecule has 1 saturated heterocycles. The Morgan fingerprint density at radius 3 is 2.93 bits per heavy atom. The fraction of sp³-hybridized carbons (Fsp3) is 1.00. The smallest absolute Gasteiger partial charge is 0.0359 e. The van der Waals surface area contributed by atoms with E-state index >= 15 is 0 Å². The summed E-state index contributed by atoms with van der Waals surface area (Å²) in [4.78, 5) is 2.42. The predicted octanol–water partition coefficient (Wildman–Crippen LogP) is 0.426. The first-order valence-electron chi connectivity index (χ1n) is 5.45. The first-order chi connectivity index (χ1) is 6.72. The molecular weight excluding hydrogens is 196 g/mol. The highest BCUT2D eigenvalue weighted by Gasteiger charge is 2.16. The quantitative estimate of drug-likeness (QED) is 0.744. The van der Waals surface area contributed by atoms with Crippen molar-refractivity contribution < 1.29 is 4.21 Å². The zero-order valence-corrected chi connectivity index (χ0v) is 9.89. The van der Waals surface area contributed by atoms with Crippen LogP contribution in [-0.4, -0.2) is 47.3 Å². The van der Waals surface area contributed by atoms with Gasteiger partial charge in [-0.2, -0.15) is 0 Å². The SMILES string of the molecule is CS(=O)CCN1CCCCC(CN)C1. The minimum Gasteiger partial charge on any atom is -0.330 e. The molecule has 1 aliphatic rings. The fourth-order valence-electron chi connectivity index (χ4n) is 1.97. The van der Waals surface area contributed by atoms with Crippen LogP contribution in [-0.2, 0) is 10.8 Å². The molecule has 84 valence electrons. The molecule has 2 N–H and O–H groups in total. The molecule has 0 aromatic heterocycles. The highest BCUT2D eigenvalue weighted by molar-refractivity contribution is 7.84. The van der Waals surface area contributed by atoms with E-state index in [1.165, 1.54) is 19.3 Å². The van der Waals surface area contributed by atoms with E-state index < -0.39 is 10.8 Å². The number of nitrogens with two attached hydrogens (primary N) is 1. The maximum atomic E-state index is 11.0. The third-order valence-electron chi connectivity index (χ3n) is 2.88. The molecule has 1 aliphatic heterocycles. The van der Waals surface area contributed by atoms with Crippen molar-refractivity contribution in [3.05, 3.63) is 0 Å². The second-order valence-electron chi connectivity index (χ2n) is 4.18. The number of hydrogen-bond donors (Lipinski definition) is 1. The summed E-state index contributed by atoms with van der Waals surface area (Å²) in [6.45, 7) is 4.03. The maximum Gasteiger partial charge on any atom is 0.0359 e. The van der Waals surface area contributed by atoms with Crippen LogP contribution in [0.4, 0.5) is 0 Å². The van der Waals surface area contributed by atoms with Gasteiger partial charge in [0.25, 0.3) is 0 Å². The summed E-state index contributed by atoms with van der Waals surface area (Å²) in [7, 11) is -0.659. The highest BCUT2D eigenvalue weighted by Crippen LogP contribution is 2.14. The van der Waals surface area contributed by atoms with Gasteiger partial charge in [-0.25, -0.2) is 0 Å². The van der Waals surface area contributed by atoms with Crippen molar-refractivity contribution in [3.63, 3.8) is 0 Å². The van der Waals surface area contributed by atoms with E-state index in [-0.39, 0.29) is 0 Å². The van der Waals surface area contributed by atoms with Crippen molar-refractivity contribution in [3.8, 4) is 0 Å². The van der Waals surface area contributed by atoms with Gasteiger partial charge in [0.05, 0.1) is 0 Å². The van der Waals surface area contributed by atoms with E-state index in [1.807, 2.05) is 0 Å². The molecule has 1 rings (SSSR count). The van der Waals surface area contributed by atoms with Crippen molar-refractivity contribution in [1.82, 2.24) is 4.90 Å². The first kappa shape index (κ1) is 12.1. The minimum atomic E-state index is -0.659. The molecule has 0 bridgehead atoms. The molecular formula is C10H22N2OS. The van der Waals surface area contributed by atoms with Crippen LogP contribution in [0.3, 0.4) is 0 Å². The average Bonchev–Trinajstić information content (AvgIpc) is 2.39. The van der Waals surface area contributed by atoms with Gasteiger partial charge in [-0.15, -0.1) is 0 Å². The summed E-state index contributed by atoms with van der Waals surface area (Å²) in [5.41, 5.74) is 5.70. The van der Waals surface area contributed by atoms with Gasteiger partial charge in [0, 0.05) is 35.9 Å². The van der Waals surface area contributed by atoms with Gasteiger partial charge in [-0.05, 0) is 31.8 Å². The molecule has 14 heavy (non-hydrogen) atoms. The summed E-state index contributed by atoms with van der Waals surface area (Å²) in [6, 6.07) is 0. The zero-order chi connectivity index (χ0) is 10.4. The van der Waals surface area contributed by atoms with Gasteiger partial charge in [0.2, 0.25) is 0 Å². The maximum absolute atomic E-state index is 11.0. The Morgan fingerprint density at radius 2 is 2.29 bits per heavy atom. The lowest BCUT2D eigenvalue weighted by Crippen LogP contribution is -2.34. The largest absolute Gasteiger partial charge is 0.330 e. The number of hydrogen-bond acceptors (Lipinski definition) is 3. The average molecular weight is 218 g/mol. The molecule has 1 heterocycles. The van der Waals surface area contributed by atoms with Gasteiger partial charge in [-0.3, -0.25) is 4.21 Å². The third kappa shape index (κ3) is 4.53. The number of nitrogens with zero attached hydrogens (tertiary/aromatic N) is 1. The second-order valence-corrected chi connectivity index (χ2v) is 5.73. The van der Waals surface area contributed by atoms with E-state index in [0.29, 0.717) is 5.92 Å². The summed E-state index contributed by atoms with van der Waals surface area (Å²) in [6.07, 6.45) is 5.61. The molecule has 2 atom stereocenters. The molecule has 3 nitrogen and oxygen atoms in total. The predicted molar refractivity (Wildman–Crippen MR) is 61.8 cm³/mol. The molecule has 0 aliphatic carbocycles. The standard InChI is InChI=1S/C10H22N2OS/c1-14(13)7-6-12-5-3-2-4-10(8-11)9-12/h10H,2-9,11H2,1H3. The second kappa shape index (κ2) is 6.53. The monoisotopic (exact) mass is 218 g/mol. The van der Waals surface area contributed by atoms with Crippen LogP contribution in [0.1, 0.15) is 19.3 Å². The molecule has 2 unspecified atom stereocenters. The van der Waals surface area contributed by atoms with Gasteiger partial charge in [-0.1, -0.05) is 6.42 Å². The molecule has 0 aromatic rings. The highest BCUT2D eigenvalue weighted by atomic mass is 32.2. The fourth-order valence-corrected chi connectivity index (χ4v) is 2.48. The molecule has 1 fully saturated rings. The number of likely N-dealkylation sites (tertiary alicyclic amines) is 1. The summed E-state index contributed by atoms with van der Waals surface area (Å²) >= 11 is 0. The van der Waals surface area contributed by atoms with Gasteiger partial charge in [0.1, 0.15) is 0 Å². The van der Waals surface area contributed by atoms with E-state index in [4.69, 9.17) is 5.73 Å². The van der Waals surface area contributed by atoms with Crippen molar-refractivity contribution in [2.24, 2.45) is 11.7 Å². The Bertz CT molecular complexity index is 187. The van der Waals surface area contributed by atoms with Crippen molar-refractivity contribution in [2.45, 2.75) is 19.3 Å². The van der Waals surface area contributed by atoms with Crippen molar-refractivity contribution >= 4 is 10.8 Å². The first-order valence-corrected chi connectivity index (χ1v) is 7.17. The van der Waals surface area contributed by atoms with Crippen LogP contribution in [0, 0.1) is 5.92 Å². The molecule has 0 saturated carbocycles. The van der Waals surface area contributed by atoms with Crippen LogP contribution in [0.25, 0.3) is 0 Å². The van der Waals surface area contributed by atoms with Crippen LogP contribution >= 0.6 is 0 Å². The van der Waals surface area contributed by atoms with Crippen LogP contribution in [0.5, 0.6) is 0 Å². The van der Waals surface area contributed by atoms with E-state index in [9.17, 15) is 4.21 Å². The Morgan fingerprint density at radius 1 is 1.50 bits per heavy atom. The van der Waals surface area contributed by atoms with Gasteiger partial charge < -0.3 is 10.6 Å². The molecule has 0 aromatic carbocycles. The summed E-state index contributed by atoms with van der Waals surface area (Å²) < 4.78 is 11.0. The molecule has 0 amide bonds.